The topological polar surface area (TPSA) is 46.9 Å². The van der Waals surface area contributed by atoms with Crippen LogP contribution in [0.15, 0.2) is 48.5 Å². The van der Waals surface area contributed by atoms with Gasteiger partial charge in [-0.05, 0) is 60.2 Å². The van der Waals surface area contributed by atoms with Gasteiger partial charge in [0, 0.05) is 17.1 Å². The highest BCUT2D eigenvalue weighted by atomic mass is 35.5. The van der Waals surface area contributed by atoms with Crippen LogP contribution in [-0.4, -0.2) is 15.6 Å². The van der Waals surface area contributed by atoms with Gasteiger partial charge in [-0.25, -0.2) is 4.68 Å². The molecule has 0 amide bonds. The van der Waals surface area contributed by atoms with Crippen molar-refractivity contribution < 1.29 is 4.79 Å². The van der Waals surface area contributed by atoms with Crippen LogP contribution in [0.25, 0.3) is 5.69 Å². The zero-order valence-corrected chi connectivity index (χ0v) is 17.2. The summed E-state index contributed by atoms with van der Waals surface area (Å²) < 4.78 is 1.88. The zero-order valence-electron chi connectivity index (χ0n) is 16.4. The Balaban J connectivity index is 1.80. The summed E-state index contributed by atoms with van der Waals surface area (Å²) in [5, 5.41) is 8.83. The highest BCUT2D eigenvalue weighted by molar-refractivity contribution is 6.30. The van der Waals surface area contributed by atoms with Crippen LogP contribution < -0.4 is 5.32 Å². The number of rotatable bonds is 4. The number of ketones is 1. The van der Waals surface area contributed by atoms with E-state index in [1.807, 2.05) is 41.1 Å². The smallest absolute Gasteiger partial charge is 0.169 e. The van der Waals surface area contributed by atoms with Crippen molar-refractivity contribution in [1.29, 1.82) is 0 Å². The van der Waals surface area contributed by atoms with Crippen LogP contribution in [-0.2, 0) is 12.8 Å². The van der Waals surface area contributed by atoms with E-state index in [0.29, 0.717) is 22.8 Å². The van der Waals surface area contributed by atoms with Gasteiger partial charge in [0.25, 0.3) is 0 Å². The van der Waals surface area contributed by atoms with E-state index in [4.69, 9.17) is 16.7 Å². The first-order valence-electron chi connectivity index (χ1n) is 9.63. The van der Waals surface area contributed by atoms with E-state index in [2.05, 4.69) is 38.2 Å². The second-order valence-electron chi connectivity index (χ2n) is 8.17. The predicted octanol–water partition coefficient (Wildman–Crippen LogP) is 5.99. The summed E-state index contributed by atoms with van der Waals surface area (Å²) in [7, 11) is 0. The summed E-state index contributed by atoms with van der Waals surface area (Å²) in [6.45, 7) is 6.39. The molecule has 0 saturated heterocycles. The van der Waals surface area contributed by atoms with Crippen LogP contribution >= 0.6 is 11.6 Å². The highest BCUT2D eigenvalue weighted by Crippen LogP contribution is 2.39. The van der Waals surface area contributed by atoms with Crippen molar-refractivity contribution in [1.82, 2.24) is 9.78 Å². The van der Waals surface area contributed by atoms with Gasteiger partial charge in [-0.1, -0.05) is 44.5 Å². The number of nitrogens with zero attached hydrogens (tertiary/aromatic N) is 2. The molecule has 28 heavy (non-hydrogen) atoms. The molecule has 0 radical (unpaired) electrons. The number of benzene rings is 2. The number of aryl methyl sites for hydroxylation is 1. The molecule has 0 fully saturated rings. The molecule has 0 atom stereocenters. The normalized spacial score (nSPS) is 15.4. The molecule has 0 bridgehead atoms. The van der Waals surface area contributed by atoms with Crippen LogP contribution in [0.5, 0.6) is 0 Å². The number of anilines is 2. The van der Waals surface area contributed by atoms with Crippen molar-refractivity contribution in [3.05, 3.63) is 70.4 Å². The number of hydrogen-bond acceptors (Lipinski definition) is 3. The first-order chi connectivity index (χ1) is 13.4. The molecular weight excluding hydrogens is 370 g/mol. The van der Waals surface area contributed by atoms with Crippen molar-refractivity contribution in [2.24, 2.45) is 5.41 Å². The second-order valence-corrected chi connectivity index (χ2v) is 8.61. The summed E-state index contributed by atoms with van der Waals surface area (Å²) in [6.07, 6.45) is 2.31. The van der Waals surface area contributed by atoms with Gasteiger partial charge < -0.3 is 5.32 Å². The molecule has 0 aliphatic heterocycles. The summed E-state index contributed by atoms with van der Waals surface area (Å²) in [4.78, 5) is 13.0. The largest absolute Gasteiger partial charge is 0.338 e. The van der Waals surface area contributed by atoms with Gasteiger partial charge in [0.15, 0.2) is 11.6 Å². The molecule has 0 unspecified atom stereocenters. The van der Waals surface area contributed by atoms with E-state index >= 15 is 0 Å². The quantitative estimate of drug-likeness (QED) is 0.592. The van der Waals surface area contributed by atoms with E-state index in [-0.39, 0.29) is 11.2 Å². The monoisotopic (exact) mass is 393 g/mol. The van der Waals surface area contributed by atoms with Crippen LogP contribution in [0.4, 0.5) is 11.5 Å². The molecule has 144 valence electrons. The van der Waals surface area contributed by atoms with Crippen molar-refractivity contribution in [3.63, 3.8) is 0 Å². The van der Waals surface area contributed by atoms with Gasteiger partial charge in [-0.15, -0.1) is 5.10 Å². The lowest BCUT2D eigenvalue weighted by Gasteiger charge is -2.29. The Morgan fingerprint density at radius 3 is 2.39 bits per heavy atom. The maximum Gasteiger partial charge on any atom is 0.169 e. The Morgan fingerprint density at radius 1 is 1.07 bits per heavy atom. The molecule has 1 aliphatic carbocycles. The first-order valence-corrected chi connectivity index (χ1v) is 10.0. The summed E-state index contributed by atoms with van der Waals surface area (Å²) in [5.41, 5.74) is 4.68. The molecule has 5 heteroatoms. The van der Waals surface area contributed by atoms with Crippen LogP contribution in [0, 0.1) is 5.41 Å². The standard InChI is InChI=1S/C23H24ClN3O/c1-4-15-5-9-17(10-6-15)25-22-21-19(13-23(2,3)14-20(21)28)27(26-22)18-11-7-16(24)8-12-18/h5-12H,4,13-14H2,1-3H3,(H,25,26). The van der Waals surface area contributed by atoms with Gasteiger partial charge in [0.2, 0.25) is 0 Å². The lowest BCUT2D eigenvalue weighted by Crippen LogP contribution is -2.28. The minimum absolute atomic E-state index is 0.0890. The van der Waals surface area contributed by atoms with Crippen LogP contribution in [0.2, 0.25) is 5.02 Å². The lowest BCUT2D eigenvalue weighted by atomic mass is 9.76. The van der Waals surface area contributed by atoms with E-state index in [9.17, 15) is 4.79 Å². The lowest BCUT2D eigenvalue weighted by molar-refractivity contribution is 0.0912. The number of fused-ring (bicyclic) bond motifs is 1. The van der Waals surface area contributed by atoms with E-state index < -0.39 is 0 Å². The van der Waals surface area contributed by atoms with Crippen molar-refractivity contribution in [3.8, 4) is 5.69 Å². The van der Waals surface area contributed by atoms with E-state index in [1.165, 1.54) is 5.56 Å². The molecule has 4 nitrogen and oxygen atoms in total. The molecule has 1 heterocycles. The molecule has 0 spiro atoms. The first kappa shape index (κ1) is 18.8. The summed E-state index contributed by atoms with van der Waals surface area (Å²) >= 11 is 6.05. The van der Waals surface area contributed by atoms with Crippen LogP contribution in [0.3, 0.4) is 0 Å². The fourth-order valence-electron chi connectivity index (χ4n) is 3.79. The zero-order chi connectivity index (χ0) is 19.9. The molecule has 1 aliphatic rings. The van der Waals surface area contributed by atoms with E-state index in [0.717, 1.165) is 29.9 Å². The van der Waals surface area contributed by atoms with Gasteiger partial charge in [-0.2, -0.15) is 0 Å². The van der Waals surface area contributed by atoms with Crippen molar-refractivity contribution in [2.75, 3.05) is 5.32 Å². The van der Waals surface area contributed by atoms with Crippen LogP contribution in [0.1, 0.15) is 48.8 Å². The maximum atomic E-state index is 13.0. The van der Waals surface area contributed by atoms with Crippen molar-refractivity contribution in [2.45, 2.75) is 40.0 Å². The molecule has 4 rings (SSSR count). The molecule has 1 aromatic heterocycles. The molecule has 2 aromatic carbocycles. The second kappa shape index (κ2) is 7.10. The Labute approximate surface area is 170 Å². The fraction of sp³-hybridized carbons (Fsp3) is 0.304. The number of carbonyl (C=O) groups is 1. The third kappa shape index (κ3) is 3.57. The summed E-state index contributed by atoms with van der Waals surface area (Å²) in [6, 6.07) is 15.8. The average Bonchev–Trinajstić information content (AvgIpc) is 3.00. The Bertz CT molecular complexity index is 1020. The van der Waals surface area contributed by atoms with E-state index in [1.54, 1.807) is 0 Å². The number of hydrogen-bond donors (Lipinski definition) is 1. The fourth-order valence-corrected chi connectivity index (χ4v) is 3.92. The number of carbonyl (C=O) groups excluding carboxylic acids is 1. The van der Waals surface area contributed by atoms with Gasteiger partial charge in [0.05, 0.1) is 16.9 Å². The van der Waals surface area contributed by atoms with Gasteiger partial charge in [-0.3, -0.25) is 4.79 Å². The SMILES string of the molecule is CCc1ccc(Nc2nn(-c3ccc(Cl)cc3)c3c2C(=O)CC(C)(C)C3)cc1. The van der Waals surface area contributed by atoms with Gasteiger partial charge >= 0.3 is 0 Å². The molecule has 1 N–H and O–H groups in total. The predicted molar refractivity (Wildman–Crippen MR) is 114 cm³/mol. The maximum absolute atomic E-state index is 13.0. The van der Waals surface area contributed by atoms with Gasteiger partial charge in [0.1, 0.15) is 0 Å². The molecule has 0 saturated carbocycles. The number of nitrogens with one attached hydrogen (secondary N) is 1. The summed E-state index contributed by atoms with van der Waals surface area (Å²) in [5.74, 6) is 0.758. The Hall–Kier alpha value is -2.59. The van der Waals surface area contributed by atoms with Crippen molar-refractivity contribution >= 4 is 28.9 Å². The highest BCUT2D eigenvalue weighted by Gasteiger charge is 2.36. The molecule has 3 aromatic rings. The molecular formula is C23H24ClN3O. The minimum atomic E-state index is -0.0890. The minimum Gasteiger partial charge on any atom is -0.338 e. The Morgan fingerprint density at radius 2 is 1.75 bits per heavy atom. The third-order valence-corrected chi connectivity index (χ3v) is 5.49. The average molecular weight is 394 g/mol. The Kier molecular flexibility index (Phi) is 4.76. The number of aromatic nitrogens is 2. The number of Topliss-reactive ketones (excluding diaryl/α,β-unsaturated/α-hetero) is 1. The number of halogens is 1. The third-order valence-electron chi connectivity index (χ3n) is 5.24.